The number of carbonyl (C=O) groups is 1. The van der Waals surface area contributed by atoms with E-state index >= 15 is 0 Å². The summed E-state index contributed by atoms with van der Waals surface area (Å²) in [6.45, 7) is 5.08. The Bertz CT molecular complexity index is 645. The molecule has 1 aromatic carbocycles. The van der Waals surface area contributed by atoms with Crippen LogP contribution in [0.1, 0.15) is 20.3 Å². The largest absolute Gasteiger partial charge is 1.00 e. The Morgan fingerprint density at radius 2 is 1.80 bits per heavy atom. The van der Waals surface area contributed by atoms with Gasteiger partial charge >= 0.3 is 5.97 Å². The van der Waals surface area contributed by atoms with Crippen molar-refractivity contribution < 1.29 is 26.5 Å². The summed E-state index contributed by atoms with van der Waals surface area (Å²) in [5.74, 6) is -0.305. The minimum atomic E-state index is -0.305. The summed E-state index contributed by atoms with van der Waals surface area (Å²) in [5, 5.41) is 8.22. The number of imidazole rings is 1. The summed E-state index contributed by atoms with van der Waals surface area (Å²) in [7, 11) is 0. The maximum absolute atomic E-state index is 11.6. The first kappa shape index (κ1) is 16.5. The van der Waals surface area contributed by atoms with Crippen molar-refractivity contribution in [3.05, 3.63) is 29.9 Å². The van der Waals surface area contributed by atoms with Crippen LogP contribution in [0.3, 0.4) is 0 Å². The van der Waals surface area contributed by atoms with Crippen LogP contribution >= 0.6 is 0 Å². The van der Waals surface area contributed by atoms with Gasteiger partial charge in [-0.2, -0.15) is 0 Å². The van der Waals surface area contributed by atoms with Crippen molar-refractivity contribution in [2.75, 3.05) is 6.61 Å². The third kappa shape index (κ3) is 3.12. The van der Waals surface area contributed by atoms with Crippen molar-refractivity contribution in [3.8, 4) is 0 Å². The zero-order valence-corrected chi connectivity index (χ0v) is 13.3. The van der Waals surface area contributed by atoms with Crippen molar-refractivity contribution in [2.45, 2.75) is 33.4 Å². The van der Waals surface area contributed by atoms with Gasteiger partial charge in [0, 0.05) is 6.54 Å². The number of hydrogen-bond donors (Lipinski definition) is 1. The number of halogens is 1. The van der Waals surface area contributed by atoms with E-state index in [1.54, 1.807) is 11.5 Å². The fourth-order valence-corrected chi connectivity index (χ4v) is 2.24. The van der Waals surface area contributed by atoms with E-state index in [0.717, 1.165) is 24.0 Å². The molecule has 1 heterocycles. The number of esters is 1. The minimum absolute atomic E-state index is 0. The molecule has 0 fully saturated rings. The molecule has 0 unspecified atom stereocenters. The molecule has 2 aromatic rings. The Labute approximate surface area is 128 Å². The highest BCUT2D eigenvalue weighted by atomic mass is 79.9. The summed E-state index contributed by atoms with van der Waals surface area (Å²) in [6.07, 6.45) is 0.948. The lowest BCUT2D eigenvalue weighted by Crippen LogP contribution is -3.00. The standard InChI is InChI=1S/C14H19N3O2.BrH/c1-3-9-16-11-7-5-6-8-12(11)17(14(16)15)10-13(18)19-4-2;/h5-8,15H,3-4,9-10H2,1-2H3;1H/p-1. The molecule has 2 rings (SSSR count). The molecule has 1 N–H and O–H groups in total. The Morgan fingerprint density at radius 3 is 2.35 bits per heavy atom. The second kappa shape index (κ2) is 7.28. The average molecular weight is 341 g/mol. The van der Waals surface area contributed by atoms with E-state index in [4.69, 9.17) is 10.1 Å². The summed E-state index contributed by atoms with van der Waals surface area (Å²) in [5.41, 5.74) is 2.23. The number of aryl methyl sites for hydroxylation is 1. The van der Waals surface area contributed by atoms with Gasteiger partial charge < -0.3 is 26.3 Å². The number of ether oxygens (including phenoxy) is 1. The first-order valence-corrected chi connectivity index (χ1v) is 6.57. The van der Waals surface area contributed by atoms with Gasteiger partial charge in [-0.15, -0.1) is 0 Å². The van der Waals surface area contributed by atoms with Crippen LogP contribution in [0.4, 0.5) is 0 Å². The van der Waals surface area contributed by atoms with Crippen LogP contribution in [0.2, 0.25) is 0 Å². The van der Waals surface area contributed by atoms with Crippen molar-refractivity contribution in [3.63, 3.8) is 0 Å². The first-order valence-electron chi connectivity index (χ1n) is 6.57. The molecule has 0 atom stereocenters. The molecule has 0 saturated heterocycles. The molecule has 20 heavy (non-hydrogen) atoms. The van der Waals surface area contributed by atoms with Gasteiger partial charge in [0.1, 0.15) is 6.54 Å². The van der Waals surface area contributed by atoms with Gasteiger partial charge in [-0.25, -0.2) is 0 Å². The normalized spacial score (nSPS) is 10.3. The Kier molecular flexibility index (Phi) is 6.01. The van der Waals surface area contributed by atoms with E-state index < -0.39 is 0 Å². The molecule has 0 aliphatic carbocycles. The highest BCUT2D eigenvalue weighted by molar-refractivity contribution is 5.78. The quantitative estimate of drug-likeness (QED) is 0.702. The SMILES string of the molecule is CCCn1c(=N)n(CC(=O)OCC)c2ccccc21.[Br-]. The number of rotatable bonds is 5. The molecule has 0 aliphatic rings. The molecule has 0 aliphatic heterocycles. The number of hydrogen-bond acceptors (Lipinski definition) is 3. The summed E-state index contributed by atoms with van der Waals surface area (Å²) in [4.78, 5) is 11.6. The van der Waals surface area contributed by atoms with Crippen LogP contribution in [0.5, 0.6) is 0 Å². The lowest BCUT2D eigenvalue weighted by atomic mass is 10.3. The van der Waals surface area contributed by atoms with Crippen molar-refractivity contribution >= 4 is 17.0 Å². The fraction of sp³-hybridized carbons (Fsp3) is 0.429. The van der Waals surface area contributed by atoms with Crippen molar-refractivity contribution in [2.24, 2.45) is 0 Å². The molecule has 0 spiro atoms. The Hall–Kier alpha value is -1.56. The van der Waals surface area contributed by atoms with Crippen LogP contribution in [-0.4, -0.2) is 21.7 Å². The second-order valence-electron chi connectivity index (χ2n) is 4.36. The monoisotopic (exact) mass is 340 g/mol. The van der Waals surface area contributed by atoms with Crippen LogP contribution < -0.4 is 22.6 Å². The van der Waals surface area contributed by atoms with Gasteiger partial charge in [-0.1, -0.05) is 19.1 Å². The van der Waals surface area contributed by atoms with Crippen LogP contribution in [0.15, 0.2) is 24.3 Å². The molecule has 0 amide bonds. The highest BCUT2D eigenvalue weighted by Crippen LogP contribution is 2.13. The first-order chi connectivity index (χ1) is 9.19. The molecule has 6 heteroatoms. The molecule has 0 bridgehead atoms. The molecule has 5 nitrogen and oxygen atoms in total. The van der Waals surface area contributed by atoms with E-state index in [1.807, 2.05) is 28.8 Å². The van der Waals surface area contributed by atoms with Gasteiger partial charge in [0.15, 0.2) is 0 Å². The predicted molar refractivity (Wildman–Crippen MR) is 72.7 cm³/mol. The third-order valence-electron chi connectivity index (χ3n) is 3.01. The summed E-state index contributed by atoms with van der Waals surface area (Å²) >= 11 is 0. The van der Waals surface area contributed by atoms with Crippen molar-refractivity contribution in [1.29, 1.82) is 5.41 Å². The van der Waals surface area contributed by atoms with Gasteiger partial charge in [0.25, 0.3) is 0 Å². The summed E-state index contributed by atoms with van der Waals surface area (Å²) < 4.78 is 8.59. The molecular formula is C14H19BrN3O2-. The van der Waals surface area contributed by atoms with Gasteiger partial charge in [-0.05, 0) is 25.5 Å². The maximum Gasteiger partial charge on any atom is 0.326 e. The lowest BCUT2D eigenvalue weighted by molar-refractivity contribution is -0.143. The Balaban J connectivity index is 0.00000200. The molecule has 110 valence electrons. The molecule has 1 aromatic heterocycles. The maximum atomic E-state index is 11.6. The molecule has 0 radical (unpaired) electrons. The van der Waals surface area contributed by atoms with E-state index in [2.05, 4.69) is 6.92 Å². The highest BCUT2D eigenvalue weighted by Gasteiger charge is 2.12. The van der Waals surface area contributed by atoms with E-state index in [-0.39, 0.29) is 29.5 Å². The zero-order chi connectivity index (χ0) is 13.8. The average Bonchev–Trinajstić information content (AvgIpc) is 2.66. The van der Waals surface area contributed by atoms with E-state index in [1.165, 1.54) is 0 Å². The number of benzene rings is 1. The van der Waals surface area contributed by atoms with Gasteiger partial charge in [-0.3, -0.25) is 14.8 Å². The molecular weight excluding hydrogens is 322 g/mol. The van der Waals surface area contributed by atoms with Crippen LogP contribution in [-0.2, 0) is 22.6 Å². The molecule has 0 saturated carbocycles. The third-order valence-corrected chi connectivity index (χ3v) is 3.01. The zero-order valence-electron chi connectivity index (χ0n) is 11.7. The number of fused-ring (bicyclic) bond motifs is 1. The summed E-state index contributed by atoms with van der Waals surface area (Å²) in [6, 6.07) is 7.77. The van der Waals surface area contributed by atoms with Crippen LogP contribution in [0, 0.1) is 5.41 Å². The lowest BCUT2D eigenvalue weighted by Gasteiger charge is -2.04. The number of para-hydroxylation sites is 2. The number of aromatic nitrogens is 2. The van der Waals surface area contributed by atoms with Crippen molar-refractivity contribution in [1.82, 2.24) is 9.13 Å². The smallest absolute Gasteiger partial charge is 0.326 e. The fourth-order valence-electron chi connectivity index (χ4n) is 2.24. The predicted octanol–water partition coefficient (Wildman–Crippen LogP) is -1.10. The van der Waals surface area contributed by atoms with Gasteiger partial charge in [0.05, 0.1) is 17.6 Å². The van der Waals surface area contributed by atoms with E-state index in [9.17, 15) is 4.79 Å². The Morgan fingerprint density at radius 1 is 1.20 bits per heavy atom. The van der Waals surface area contributed by atoms with Crippen LogP contribution in [0.25, 0.3) is 11.0 Å². The number of nitrogens with zero attached hydrogens (tertiary/aromatic N) is 2. The topological polar surface area (TPSA) is 60.0 Å². The minimum Gasteiger partial charge on any atom is -1.00 e. The van der Waals surface area contributed by atoms with E-state index in [0.29, 0.717) is 12.2 Å². The number of nitrogens with one attached hydrogen (secondary N) is 1. The number of carbonyl (C=O) groups excluding carboxylic acids is 1. The second-order valence-corrected chi connectivity index (χ2v) is 4.36. The van der Waals surface area contributed by atoms with Gasteiger partial charge in [0.2, 0.25) is 5.62 Å².